The summed E-state index contributed by atoms with van der Waals surface area (Å²) in [5, 5.41) is 19.8. The van der Waals surface area contributed by atoms with E-state index in [0.29, 0.717) is 17.5 Å². The third-order valence-electron chi connectivity index (χ3n) is 4.93. The summed E-state index contributed by atoms with van der Waals surface area (Å²) in [5.41, 5.74) is 1.53. The molecule has 4 atom stereocenters. The molecule has 0 saturated heterocycles. The summed E-state index contributed by atoms with van der Waals surface area (Å²) in [6.07, 6.45) is -0.0286. The second kappa shape index (κ2) is 6.20. The average Bonchev–Trinajstić information content (AvgIpc) is 2.69. The van der Waals surface area contributed by atoms with E-state index < -0.39 is 35.6 Å². The summed E-state index contributed by atoms with van der Waals surface area (Å²) >= 11 is -2.16. The maximum absolute atomic E-state index is 14.0. The Morgan fingerprint density at radius 1 is 1.26 bits per heavy atom. The molecule has 128 valence electrons. The van der Waals surface area contributed by atoms with Crippen LogP contribution in [0.5, 0.6) is 0 Å². The first kappa shape index (κ1) is 17.0. The molecule has 0 heterocycles. The van der Waals surface area contributed by atoms with Gasteiger partial charge in [-0.15, -0.1) is 0 Å². The van der Waals surface area contributed by atoms with Crippen molar-refractivity contribution in [3.63, 3.8) is 0 Å². The topological polar surface area (TPSA) is 77.8 Å². The minimum absolute atomic E-state index is 0.0118. The predicted octanol–water partition coefficient (Wildman–Crippen LogP) is 2.65. The van der Waals surface area contributed by atoms with Crippen LogP contribution in [0.1, 0.15) is 60.0 Å². The van der Waals surface area contributed by atoms with E-state index in [-0.39, 0.29) is 17.2 Å². The van der Waals surface area contributed by atoms with Gasteiger partial charge in [-0.25, -0.2) is 13.0 Å². The highest BCUT2D eigenvalue weighted by Gasteiger charge is 2.49. The quantitative estimate of drug-likeness (QED) is 0.736. The van der Waals surface area contributed by atoms with Gasteiger partial charge in [-0.1, -0.05) is 18.6 Å². The first-order valence-corrected chi connectivity index (χ1v) is 9.03. The van der Waals surface area contributed by atoms with Crippen molar-refractivity contribution in [3.8, 4) is 0 Å². The lowest BCUT2D eigenvalue weighted by molar-refractivity contribution is -0.0970. The van der Waals surface area contributed by atoms with Crippen molar-refractivity contribution in [1.29, 1.82) is 0 Å². The van der Waals surface area contributed by atoms with Crippen molar-refractivity contribution >= 4 is 11.1 Å². The zero-order valence-electron chi connectivity index (χ0n) is 12.5. The van der Waals surface area contributed by atoms with Crippen molar-refractivity contribution in [2.24, 2.45) is 0 Å². The number of alkyl halides is 2. The molecule has 3 N–H and O–H groups in total. The lowest BCUT2D eigenvalue weighted by atomic mass is 9.79. The Labute approximate surface area is 135 Å². The van der Waals surface area contributed by atoms with Gasteiger partial charge in [-0.2, -0.15) is 0 Å². The fraction of sp³-hybridized carbons (Fsp3) is 0.625. The number of rotatable bonds is 3. The molecule has 3 rings (SSSR count). The van der Waals surface area contributed by atoms with Gasteiger partial charge in [0.1, 0.15) is 6.10 Å². The Kier molecular flexibility index (Phi) is 4.57. The van der Waals surface area contributed by atoms with Crippen LogP contribution in [0.2, 0.25) is 0 Å². The van der Waals surface area contributed by atoms with Crippen molar-refractivity contribution in [2.75, 3.05) is 0 Å². The highest BCUT2D eigenvalue weighted by Crippen LogP contribution is 2.48. The SMILES string of the molecule is O=S(O)Cc1ccc([C@H]2CCC[C@@H](O)C2)c2c1[C@H](O)C(F)(F)C2. The Morgan fingerprint density at radius 2 is 2.00 bits per heavy atom. The monoisotopic (exact) mass is 346 g/mol. The molecule has 1 aromatic carbocycles. The van der Waals surface area contributed by atoms with E-state index in [4.69, 9.17) is 4.55 Å². The molecule has 1 saturated carbocycles. The maximum atomic E-state index is 14.0. The molecule has 0 spiro atoms. The number of halogens is 2. The fourth-order valence-corrected chi connectivity index (χ4v) is 4.42. The number of aliphatic hydroxyl groups is 2. The zero-order valence-corrected chi connectivity index (χ0v) is 13.4. The van der Waals surface area contributed by atoms with E-state index in [9.17, 15) is 23.2 Å². The smallest absolute Gasteiger partial charge is 0.281 e. The number of hydrogen-bond acceptors (Lipinski definition) is 3. The van der Waals surface area contributed by atoms with Crippen molar-refractivity contribution in [2.45, 2.75) is 61.9 Å². The Balaban J connectivity index is 2.05. The number of benzene rings is 1. The molecule has 1 aromatic rings. The van der Waals surface area contributed by atoms with Crippen LogP contribution in [-0.2, 0) is 23.3 Å². The van der Waals surface area contributed by atoms with Crippen LogP contribution in [0.3, 0.4) is 0 Å². The number of aliphatic hydroxyl groups excluding tert-OH is 2. The van der Waals surface area contributed by atoms with Gasteiger partial charge >= 0.3 is 0 Å². The largest absolute Gasteiger partial charge is 0.393 e. The summed E-state index contributed by atoms with van der Waals surface area (Å²) in [6, 6.07) is 3.28. The molecule has 0 aliphatic heterocycles. The molecule has 0 radical (unpaired) electrons. The summed E-state index contributed by atoms with van der Waals surface area (Å²) in [6.45, 7) is 0. The second-order valence-electron chi connectivity index (χ2n) is 6.53. The summed E-state index contributed by atoms with van der Waals surface area (Å²) < 4.78 is 48.2. The molecule has 0 amide bonds. The van der Waals surface area contributed by atoms with Gasteiger partial charge in [0.25, 0.3) is 5.92 Å². The highest BCUT2D eigenvalue weighted by atomic mass is 32.2. The zero-order chi connectivity index (χ0) is 16.8. The van der Waals surface area contributed by atoms with E-state index >= 15 is 0 Å². The van der Waals surface area contributed by atoms with Crippen LogP contribution >= 0.6 is 0 Å². The third-order valence-corrected chi connectivity index (χ3v) is 5.49. The Bertz CT molecular complexity index is 635. The molecule has 0 aromatic heterocycles. The summed E-state index contributed by atoms with van der Waals surface area (Å²) in [4.78, 5) is 0. The van der Waals surface area contributed by atoms with Gasteiger partial charge < -0.3 is 14.8 Å². The first-order chi connectivity index (χ1) is 10.8. The van der Waals surface area contributed by atoms with E-state index in [1.54, 1.807) is 12.1 Å². The molecular formula is C16H20F2O4S. The van der Waals surface area contributed by atoms with Crippen LogP contribution in [0, 0.1) is 0 Å². The van der Waals surface area contributed by atoms with Crippen molar-refractivity contribution in [1.82, 2.24) is 0 Å². The first-order valence-electron chi connectivity index (χ1n) is 7.75. The van der Waals surface area contributed by atoms with Crippen LogP contribution < -0.4 is 0 Å². The molecule has 1 fully saturated rings. The molecule has 7 heteroatoms. The number of hydrogen-bond donors (Lipinski definition) is 3. The van der Waals surface area contributed by atoms with E-state index in [1.807, 2.05) is 0 Å². The van der Waals surface area contributed by atoms with Crippen molar-refractivity contribution < 1.29 is 27.8 Å². The molecule has 1 unspecified atom stereocenters. The van der Waals surface area contributed by atoms with E-state index in [0.717, 1.165) is 24.8 Å². The normalized spacial score (nSPS) is 30.9. The molecule has 0 bridgehead atoms. The van der Waals surface area contributed by atoms with E-state index in [1.165, 1.54) is 0 Å². The molecule has 4 nitrogen and oxygen atoms in total. The van der Waals surface area contributed by atoms with Crippen LogP contribution in [0.25, 0.3) is 0 Å². The second-order valence-corrected chi connectivity index (χ2v) is 7.46. The highest BCUT2D eigenvalue weighted by molar-refractivity contribution is 7.78. The Morgan fingerprint density at radius 3 is 2.65 bits per heavy atom. The standard InChI is InChI=1S/C16H20F2O4S/c17-16(18)7-13-12(9-2-1-3-11(19)6-9)5-4-10(8-23(21)22)14(13)15(16)20/h4-5,9,11,15,19-20H,1-3,6-8H2,(H,21,22)/t9-,11+,15-/m0/s1. The van der Waals surface area contributed by atoms with Gasteiger partial charge in [0.2, 0.25) is 0 Å². The van der Waals surface area contributed by atoms with Crippen LogP contribution in [0.4, 0.5) is 8.78 Å². The number of fused-ring (bicyclic) bond motifs is 1. The summed E-state index contributed by atoms with van der Waals surface area (Å²) in [7, 11) is 0. The molecule has 2 aliphatic carbocycles. The maximum Gasteiger partial charge on any atom is 0.281 e. The predicted molar refractivity (Wildman–Crippen MR) is 81.7 cm³/mol. The van der Waals surface area contributed by atoms with E-state index in [2.05, 4.69) is 0 Å². The van der Waals surface area contributed by atoms with Crippen LogP contribution in [0.15, 0.2) is 12.1 Å². The molecular weight excluding hydrogens is 326 g/mol. The molecule has 2 aliphatic rings. The minimum Gasteiger partial charge on any atom is -0.393 e. The van der Waals surface area contributed by atoms with Gasteiger partial charge in [-0.05, 0) is 47.4 Å². The lowest BCUT2D eigenvalue weighted by Gasteiger charge is -2.28. The fourth-order valence-electron chi connectivity index (χ4n) is 3.90. The van der Waals surface area contributed by atoms with Gasteiger partial charge in [-0.3, -0.25) is 0 Å². The van der Waals surface area contributed by atoms with Gasteiger partial charge in [0.05, 0.1) is 11.9 Å². The lowest BCUT2D eigenvalue weighted by Crippen LogP contribution is -2.22. The van der Waals surface area contributed by atoms with Crippen LogP contribution in [-0.4, -0.2) is 31.0 Å². The summed E-state index contributed by atoms with van der Waals surface area (Å²) in [5.74, 6) is -3.55. The van der Waals surface area contributed by atoms with Gasteiger partial charge in [0, 0.05) is 6.42 Å². The minimum atomic E-state index is -3.27. The Hall–Kier alpha value is -0.890. The van der Waals surface area contributed by atoms with Gasteiger partial charge in [0.15, 0.2) is 11.1 Å². The average molecular weight is 346 g/mol. The molecule has 23 heavy (non-hydrogen) atoms. The van der Waals surface area contributed by atoms with Crippen molar-refractivity contribution in [3.05, 3.63) is 34.4 Å². The third kappa shape index (κ3) is 3.20.